The van der Waals surface area contributed by atoms with Crippen LogP contribution in [0.3, 0.4) is 0 Å². The fourth-order valence-corrected chi connectivity index (χ4v) is 3.00. The van der Waals surface area contributed by atoms with Gasteiger partial charge in [-0.15, -0.1) is 0 Å². The highest BCUT2D eigenvalue weighted by Gasteiger charge is 2.27. The Hall–Kier alpha value is -1.82. The van der Waals surface area contributed by atoms with Gasteiger partial charge in [-0.1, -0.05) is 29.3 Å². The van der Waals surface area contributed by atoms with Gasteiger partial charge in [0.2, 0.25) is 0 Å². The zero-order valence-corrected chi connectivity index (χ0v) is 14.6. The number of benzene rings is 1. The number of carbonyl (C=O) groups excluding carboxylic acids is 1. The zero-order chi connectivity index (χ0) is 17.1. The summed E-state index contributed by atoms with van der Waals surface area (Å²) in [6.45, 7) is 1.45. The Labute approximate surface area is 150 Å². The van der Waals surface area contributed by atoms with E-state index in [1.165, 1.54) is 0 Å². The number of anilines is 1. The van der Waals surface area contributed by atoms with Crippen molar-refractivity contribution in [3.05, 3.63) is 57.7 Å². The van der Waals surface area contributed by atoms with Crippen molar-refractivity contribution in [2.24, 2.45) is 0 Å². The third-order valence-corrected chi connectivity index (χ3v) is 4.68. The number of nitrogens with zero attached hydrogens (tertiary/aromatic N) is 2. The molecule has 1 unspecified atom stereocenters. The number of pyridine rings is 1. The van der Waals surface area contributed by atoms with E-state index in [9.17, 15) is 4.79 Å². The highest BCUT2D eigenvalue weighted by molar-refractivity contribution is 6.42. The third-order valence-electron chi connectivity index (χ3n) is 3.94. The van der Waals surface area contributed by atoms with Gasteiger partial charge in [0.15, 0.2) is 0 Å². The molecule has 1 N–H and O–H groups in total. The van der Waals surface area contributed by atoms with Crippen LogP contribution in [-0.2, 0) is 4.74 Å². The Kier molecular flexibility index (Phi) is 5.23. The number of carbonyl (C=O) groups is 1. The molecule has 1 atom stereocenters. The molecule has 2 heterocycles. The summed E-state index contributed by atoms with van der Waals surface area (Å²) in [7, 11) is 1.75. The Balaban J connectivity index is 1.80. The summed E-state index contributed by atoms with van der Waals surface area (Å²) < 4.78 is 5.80. The summed E-state index contributed by atoms with van der Waals surface area (Å²) >= 11 is 12.0. The summed E-state index contributed by atoms with van der Waals surface area (Å²) in [5.41, 5.74) is 1.46. The van der Waals surface area contributed by atoms with Gasteiger partial charge in [-0.2, -0.15) is 0 Å². The molecule has 2 aromatic rings. The van der Waals surface area contributed by atoms with Gasteiger partial charge in [-0.05, 0) is 29.8 Å². The van der Waals surface area contributed by atoms with Crippen LogP contribution < -0.4 is 5.32 Å². The van der Waals surface area contributed by atoms with Gasteiger partial charge in [0.25, 0.3) is 5.91 Å². The predicted molar refractivity (Wildman–Crippen MR) is 94.8 cm³/mol. The fourth-order valence-electron chi connectivity index (χ4n) is 2.70. The van der Waals surface area contributed by atoms with Gasteiger partial charge in [-0.25, -0.2) is 4.98 Å². The standard InChI is InChI=1S/C17H17Cl2N3O2/c1-20-16-12(3-2-6-21-16)17(23)22-7-8-24-15(10-22)11-4-5-13(18)14(19)9-11/h2-6,9,15H,7-8,10H2,1H3,(H,20,21). The molecule has 1 aromatic carbocycles. The normalized spacial score (nSPS) is 17.6. The number of hydrogen-bond acceptors (Lipinski definition) is 4. The van der Waals surface area contributed by atoms with E-state index in [1.807, 2.05) is 6.07 Å². The highest BCUT2D eigenvalue weighted by atomic mass is 35.5. The Morgan fingerprint density at radius 1 is 1.33 bits per heavy atom. The number of morpholine rings is 1. The molecule has 3 rings (SSSR count). The first-order valence-electron chi connectivity index (χ1n) is 7.58. The van der Waals surface area contributed by atoms with Crippen molar-refractivity contribution < 1.29 is 9.53 Å². The fraction of sp³-hybridized carbons (Fsp3) is 0.294. The van der Waals surface area contributed by atoms with E-state index in [0.717, 1.165) is 5.56 Å². The van der Waals surface area contributed by atoms with Crippen molar-refractivity contribution in [1.82, 2.24) is 9.88 Å². The number of amides is 1. The first-order valence-corrected chi connectivity index (χ1v) is 8.34. The van der Waals surface area contributed by atoms with Gasteiger partial charge >= 0.3 is 0 Å². The van der Waals surface area contributed by atoms with E-state index in [4.69, 9.17) is 27.9 Å². The van der Waals surface area contributed by atoms with E-state index in [-0.39, 0.29) is 12.0 Å². The number of hydrogen-bond donors (Lipinski definition) is 1. The van der Waals surface area contributed by atoms with Gasteiger partial charge in [0.05, 0.1) is 28.8 Å². The van der Waals surface area contributed by atoms with E-state index in [1.54, 1.807) is 42.4 Å². The van der Waals surface area contributed by atoms with Crippen LogP contribution in [0.5, 0.6) is 0 Å². The van der Waals surface area contributed by atoms with Crippen LogP contribution in [0, 0.1) is 0 Å². The lowest BCUT2D eigenvalue weighted by Gasteiger charge is -2.33. The smallest absolute Gasteiger partial charge is 0.257 e. The van der Waals surface area contributed by atoms with Crippen LogP contribution in [0.25, 0.3) is 0 Å². The van der Waals surface area contributed by atoms with Crippen molar-refractivity contribution in [3.63, 3.8) is 0 Å². The summed E-state index contributed by atoms with van der Waals surface area (Å²) in [4.78, 5) is 18.8. The molecule has 24 heavy (non-hydrogen) atoms. The van der Waals surface area contributed by atoms with Gasteiger partial charge < -0.3 is 15.0 Å². The Morgan fingerprint density at radius 2 is 2.17 bits per heavy atom. The van der Waals surface area contributed by atoms with Crippen LogP contribution >= 0.6 is 23.2 Å². The Bertz CT molecular complexity index is 754. The zero-order valence-electron chi connectivity index (χ0n) is 13.1. The topological polar surface area (TPSA) is 54.5 Å². The minimum atomic E-state index is -0.229. The van der Waals surface area contributed by atoms with Gasteiger partial charge in [0.1, 0.15) is 11.9 Å². The van der Waals surface area contributed by atoms with Crippen LogP contribution in [0.4, 0.5) is 5.82 Å². The molecule has 0 saturated carbocycles. The summed E-state index contributed by atoms with van der Waals surface area (Å²) in [5.74, 6) is 0.501. The van der Waals surface area contributed by atoms with Crippen LogP contribution in [0.15, 0.2) is 36.5 Å². The maximum atomic E-state index is 12.8. The van der Waals surface area contributed by atoms with Gasteiger partial charge in [0, 0.05) is 19.8 Å². The highest BCUT2D eigenvalue weighted by Crippen LogP contribution is 2.29. The largest absolute Gasteiger partial charge is 0.372 e. The van der Waals surface area contributed by atoms with E-state index in [2.05, 4.69) is 10.3 Å². The molecule has 7 heteroatoms. The van der Waals surface area contributed by atoms with Crippen molar-refractivity contribution in [2.45, 2.75) is 6.10 Å². The molecule has 126 valence electrons. The van der Waals surface area contributed by atoms with Gasteiger partial charge in [-0.3, -0.25) is 4.79 Å². The number of aromatic nitrogens is 1. The number of halogens is 2. The Morgan fingerprint density at radius 3 is 2.92 bits per heavy atom. The average Bonchev–Trinajstić information content (AvgIpc) is 2.63. The lowest BCUT2D eigenvalue weighted by atomic mass is 10.1. The first kappa shape index (κ1) is 17.0. The van der Waals surface area contributed by atoms with E-state index < -0.39 is 0 Å². The molecule has 5 nitrogen and oxygen atoms in total. The first-order chi connectivity index (χ1) is 11.6. The monoisotopic (exact) mass is 365 g/mol. The lowest BCUT2D eigenvalue weighted by Crippen LogP contribution is -2.42. The number of nitrogens with one attached hydrogen (secondary N) is 1. The number of ether oxygens (including phenoxy) is 1. The van der Waals surface area contributed by atoms with E-state index in [0.29, 0.717) is 41.1 Å². The maximum absolute atomic E-state index is 12.8. The van der Waals surface area contributed by atoms with Crippen LogP contribution in [-0.4, -0.2) is 42.5 Å². The molecule has 1 amide bonds. The molecule has 0 spiro atoms. The molecular formula is C17H17Cl2N3O2. The summed E-state index contributed by atoms with van der Waals surface area (Å²) in [6.07, 6.45) is 1.42. The molecule has 1 saturated heterocycles. The third kappa shape index (κ3) is 3.48. The second-order valence-corrected chi connectivity index (χ2v) is 6.25. The molecule has 0 radical (unpaired) electrons. The molecule has 1 aromatic heterocycles. The van der Waals surface area contributed by atoms with Crippen molar-refractivity contribution >= 4 is 34.9 Å². The number of rotatable bonds is 3. The van der Waals surface area contributed by atoms with E-state index >= 15 is 0 Å². The molecule has 1 aliphatic heterocycles. The molecule has 0 bridgehead atoms. The second-order valence-electron chi connectivity index (χ2n) is 5.43. The van der Waals surface area contributed by atoms with Crippen molar-refractivity contribution in [3.8, 4) is 0 Å². The minimum absolute atomic E-state index is 0.0687. The summed E-state index contributed by atoms with van der Waals surface area (Å²) in [6, 6.07) is 8.92. The maximum Gasteiger partial charge on any atom is 0.257 e. The van der Waals surface area contributed by atoms with Crippen molar-refractivity contribution in [1.29, 1.82) is 0 Å². The van der Waals surface area contributed by atoms with Crippen molar-refractivity contribution in [2.75, 3.05) is 32.1 Å². The SMILES string of the molecule is CNc1ncccc1C(=O)N1CCOC(c2ccc(Cl)c(Cl)c2)C1. The summed E-state index contributed by atoms with van der Waals surface area (Å²) in [5, 5.41) is 3.93. The quantitative estimate of drug-likeness (QED) is 0.901. The van der Waals surface area contributed by atoms with Crippen LogP contribution in [0.1, 0.15) is 22.0 Å². The van der Waals surface area contributed by atoms with Crippen LogP contribution in [0.2, 0.25) is 10.0 Å². The average molecular weight is 366 g/mol. The minimum Gasteiger partial charge on any atom is -0.372 e. The molecular weight excluding hydrogens is 349 g/mol. The molecule has 1 aliphatic rings. The second kappa shape index (κ2) is 7.38. The predicted octanol–water partition coefficient (Wildman–Crippen LogP) is 3.64. The molecule has 0 aliphatic carbocycles. The molecule has 1 fully saturated rings. The lowest BCUT2D eigenvalue weighted by molar-refractivity contribution is -0.0228.